The van der Waals surface area contributed by atoms with E-state index < -0.39 is 0 Å². The van der Waals surface area contributed by atoms with Crippen LogP contribution in [0.5, 0.6) is 0 Å². The minimum atomic E-state index is 0.0383. The Morgan fingerprint density at radius 3 is 2.25 bits per heavy atom. The third kappa shape index (κ3) is 5.71. The first-order chi connectivity index (χ1) is 13.5. The van der Waals surface area contributed by atoms with Crippen LogP contribution in [0.4, 0.5) is 4.79 Å². The first-order valence-corrected chi connectivity index (χ1v) is 10.7. The second kappa shape index (κ2) is 9.92. The number of urea groups is 1. The number of carbonyl (C=O) groups excluding carboxylic acids is 2. The molecule has 6 nitrogen and oxygen atoms in total. The highest BCUT2D eigenvalue weighted by Crippen LogP contribution is 2.22. The molecule has 2 saturated heterocycles. The number of amides is 3. The standard InChI is InChI=1S/C22H34N4O2/c1-3-23-22(28)26-14-8-18(9-15-26)16-17-4-6-19(7-5-17)21(27)24-20-10-12-25(2)13-11-20/h4-7,18,20H,3,8-16H2,1-2H3,(H,23,28)(H,24,27). The number of carbonyl (C=O) groups is 2. The lowest BCUT2D eigenvalue weighted by Gasteiger charge is -2.32. The van der Waals surface area contributed by atoms with Crippen LogP contribution >= 0.6 is 0 Å². The number of nitrogens with one attached hydrogen (secondary N) is 2. The Morgan fingerprint density at radius 2 is 1.64 bits per heavy atom. The number of hydrogen-bond acceptors (Lipinski definition) is 3. The SMILES string of the molecule is CCNC(=O)N1CCC(Cc2ccc(C(=O)NC3CCN(C)CC3)cc2)CC1. The summed E-state index contributed by atoms with van der Waals surface area (Å²) in [6.45, 7) is 6.37. The largest absolute Gasteiger partial charge is 0.349 e. The smallest absolute Gasteiger partial charge is 0.317 e. The maximum atomic E-state index is 12.5. The van der Waals surface area contributed by atoms with Crippen LogP contribution in [0.25, 0.3) is 0 Å². The van der Waals surface area contributed by atoms with Crippen LogP contribution in [-0.2, 0) is 6.42 Å². The molecule has 2 aliphatic rings. The highest BCUT2D eigenvalue weighted by atomic mass is 16.2. The lowest BCUT2D eigenvalue weighted by molar-refractivity contribution is 0.0917. The van der Waals surface area contributed by atoms with Crippen molar-refractivity contribution in [2.45, 2.75) is 45.1 Å². The molecule has 0 radical (unpaired) electrons. The van der Waals surface area contributed by atoms with Crippen LogP contribution in [0.1, 0.15) is 48.5 Å². The zero-order valence-corrected chi connectivity index (χ0v) is 17.2. The van der Waals surface area contributed by atoms with Crippen LogP contribution in [0.3, 0.4) is 0 Å². The number of piperidine rings is 2. The van der Waals surface area contributed by atoms with Gasteiger partial charge in [0.1, 0.15) is 0 Å². The van der Waals surface area contributed by atoms with Crippen molar-refractivity contribution < 1.29 is 9.59 Å². The summed E-state index contributed by atoms with van der Waals surface area (Å²) in [7, 11) is 2.13. The molecule has 0 bridgehead atoms. The van der Waals surface area contributed by atoms with Crippen LogP contribution in [0.15, 0.2) is 24.3 Å². The van der Waals surface area contributed by atoms with Gasteiger partial charge in [-0.15, -0.1) is 0 Å². The van der Waals surface area contributed by atoms with Crippen molar-refractivity contribution in [3.63, 3.8) is 0 Å². The molecule has 6 heteroatoms. The highest BCUT2D eigenvalue weighted by molar-refractivity contribution is 5.94. The van der Waals surface area contributed by atoms with Crippen molar-refractivity contribution in [1.29, 1.82) is 0 Å². The Bertz CT molecular complexity index is 645. The minimum Gasteiger partial charge on any atom is -0.349 e. The quantitative estimate of drug-likeness (QED) is 0.817. The van der Waals surface area contributed by atoms with Gasteiger partial charge in [0, 0.05) is 31.2 Å². The van der Waals surface area contributed by atoms with Gasteiger partial charge in [0.15, 0.2) is 0 Å². The van der Waals surface area contributed by atoms with Crippen molar-refractivity contribution in [3.8, 4) is 0 Å². The fourth-order valence-electron chi connectivity index (χ4n) is 4.15. The zero-order valence-electron chi connectivity index (χ0n) is 17.2. The van der Waals surface area contributed by atoms with Gasteiger partial charge < -0.3 is 20.4 Å². The minimum absolute atomic E-state index is 0.0383. The van der Waals surface area contributed by atoms with Crippen molar-refractivity contribution in [1.82, 2.24) is 20.4 Å². The molecular formula is C22H34N4O2. The summed E-state index contributed by atoms with van der Waals surface area (Å²) < 4.78 is 0. The molecule has 2 aliphatic heterocycles. The summed E-state index contributed by atoms with van der Waals surface area (Å²) in [5.74, 6) is 0.640. The molecule has 1 aromatic rings. The molecule has 0 aromatic heterocycles. The molecule has 2 fully saturated rings. The lowest BCUT2D eigenvalue weighted by Crippen LogP contribution is -2.44. The van der Waals surface area contributed by atoms with Gasteiger partial charge in [0.25, 0.3) is 5.91 Å². The molecule has 28 heavy (non-hydrogen) atoms. The molecule has 3 rings (SSSR count). The molecule has 2 N–H and O–H groups in total. The molecule has 0 spiro atoms. The predicted molar refractivity (Wildman–Crippen MR) is 112 cm³/mol. The van der Waals surface area contributed by atoms with Crippen LogP contribution in [0.2, 0.25) is 0 Å². The highest BCUT2D eigenvalue weighted by Gasteiger charge is 2.23. The Balaban J connectivity index is 1.44. The Labute approximate surface area is 168 Å². The number of nitrogens with zero attached hydrogens (tertiary/aromatic N) is 2. The number of likely N-dealkylation sites (tertiary alicyclic amines) is 2. The third-order valence-electron chi connectivity index (χ3n) is 6.02. The summed E-state index contributed by atoms with van der Waals surface area (Å²) in [6.07, 6.45) is 5.13. The number of rotatable bonds is 5. The van der Waals surface area contributed by atoms with E-state index in [-0.39, 0.29) is 11.9 Å². The fraction of sp³-hybridized carbons (Fsp3) is 0.636. The van der Waals surface area contributed by atoms with E-state index in [1.807, 2.05) is 24.0 Å². The van der Waals surface area contributed by atoms with E-state index in [1.165, 1.54) is 5.56 Å². The average Bonchev–Trinajstić information content (AvgIpc) is 2.71. The maximum Gasteiger partial charge on any atom is 0.317 e. The summed E-state index contributed by atoms with van der Waals surface area (Å²) in [5.41, 5.74) is 2.01. The Morgan fingerprint density at radius 1 is 1.00 bits per heavy atom. The summed E-state index contributed by atoms with van der Waals surface area (Å²) in [6, 6.07) is 8.41. The lowest BCUT2D eigenvalue weighted by atomic mass is 9.90. The molecular weight excluding hydrogens is 352 g/mol. The Kier molecular flexibility index (Phi) is 7.31. The summed E-state index contributed by atoms with van der Waals surface area (Å²) in [5, 5.41) is 6.05. The number of benzene rings is 1. The molecule has 1 aromatic carbocycles. The number of hydrogen-bond donors (Lipinski definition) is 2. The van der Waals surface area contributed by atoms with Crippen LogP contribution in [-0.4, -0.2) is 67.6 Å². The van der Waals surface area contributed by atoms with Gasteiger partial charge in [-0.3, -0.25) is 4.79 Å². The summed E-state index contributed by atoms with van der Waals surface area (Å²) in [4.78, 5) is 28.6. The van der Waals surface area contributed by atoms with Gasteiger partial charge in [-0.1, -0.05) is 12.1 Å². The molecule has 2 heterocycles. The first kappa shape index (κ1) is 20.6. The fourth-order valence-corrected chi connectivity index (χ4v) is 4.15. The van der Waals surface area contributed by atoms with E-state index in [4.69, 9.17) is 0 Å². The monoisotopic (exact) mass is 386 g/mol. The second-order valence-electron chi connectivity index (χ2n) is 8.22. The summed E-state index contributed by atoms with van der Waals surface area (Å²) >= 11 is 0. The van der Waals surface area contributed by atoms with Crippen molar-refractivity contribution in [3.05, 3.63) is 35.4 Å². The van der Waals surface area contributed by atoms with Gasteiger partial charge in [0.05, 0.1) is 0 Å². The van der Waals surface area contributed by atoms with E-state index in [9.17, 15) is 9.59 Å². The average molecular weight is 387 g/mol. The second-order valence-corrected chi connectivity index (χ2v) is 8.22. The van der Waals surface area contributed by atoms with Gasteiger partial charge >= 0.3 is 6.03 Å². The van der Waals surface area contributed by atoms with E-state index >= 15 is 0 Å². The van der Waals surface area contributed by atoms with Gasteiger partial charge in [0.2, 0.25) is 0 Å². The molecule has 154 valence electrons. The van der Waals surface area contributed by atoms with Crippen molar-refractivity contribution in [2.75, 3.05) is 39.8 Å². The molecule has 0 saturated carbocycles. The molecule has 0 atom stereocenters. The molecule has 3 amide bonds. The molecule has 0 aliphatic carbocycles. The third-order valence-corrected chi connectivity index (χ3v) is 6.02. The first-order valence-electron chi connectivity index (χ1n) is 10.7. The van der Waals surface area contributed by atoms with Gasteiger partial charge in [-0.2, -0.15) is 0 Å². The zero-order chi connectivity index (χ0) is 19.9. The Hall–Kier alpha value is -2.08. The van der Waals surface area contributed by atoms with Crippen molar-refractivity contribution in [2.24, 2.45) is 5.92 Å². The molecule has 0 unspecified atom stereocenters. The van der Waals surface area contributed by atoms with Gasteiger partial charge in [-0.25, -0.2) is 4.79 Å². The van der Waals surface area contributed by atoms with E-state index in [1.54, 1.807) is 0 Å². The van der Waals surface area contributed by atoms with Crippen LogP contribution < -0.4 is 10.6 Å². The van der Waals surface area contributed by atoms with E-state index in [0.29, 0.717) is 18.5 Å². The van der Waals surface area contributed by atoms with Crippen molar-refractivity contribution >= 4 is 11.9 Å². The normalized spacial score (nSPS) is 19.4. The topological polar surface area (TPSA) is 64.7 Å². The maximum absolute atomic E-state index is 12.5. The van der Waals surface area contributed by atoms with Crippen LogP contribution in [0, 0.1) is 5.92 Å². The van der Waals surface area contributed by atoms with E-state index in [2.05, 4.69) is 34.7 Å². The van der Waals surface area contributed by atoms with E-state index in [0.717, 1.165) is 63.8 Å². The predicted octanol–water partition coefficient (Wildman–Crippen LogP) is 2.49. The van der Waals surface area contributed by atoms with Gasteiger partial charge in [-0.05, 0) is 82.8 Å².